The Balaban J connectivity index is 0.0000107. The van der Waals surface area contributed by atoms with Gasteiger partial charge < -0.3 is 37.3 Å². The molecule has 4 aromatic rings. The highest BCUT2D eigenvalue weighted by atomic mass is 16.2. The number of benzene rings is 2. The molecule has 5 rings (SSSR count). The third-order valence-electron chi connectivity index (χ3n) is 13.0. The van der Waals surface area contributed by atoms with Gasteiger partial charge in [0.2, 0.25) is 17.7 Å². The Bertz CT molecular complexity index is 2450. The molecule has 2 aromatic carbocycles. The van der Waals surface area contributed by atoms with Crippen LogP contribution in [0.15, 0.2) is 53.6 Å². The molecule has 1 saturated heterocycles. The number of aromatic nitrogens is 3. The summed E-state index contributed by atoms with van der Waals surface area (Å²) in [5.41, 5.74) is 30.8. The zero-order valence-electron chi connectivity index (χ0n) is 40.8. The van der Waals surface area contributed by atoms with Crippen molar-refractivity contribution in [3.63, 3.8) is 0 Å². The molecular formula is C52H77N13O5. The van der Waals surface area contributed by atoms with Gasteiger partial charge in [-0.25, -0.2) is 9.97 Å². The minimum absolute atomic E-state index is 0. The summed E-state index contributed by atoms with van der Waals surface area (Å²) < 4.78 is 2.24. The highest BCUT2D eigenvalue weighted by Crippen LogP contribution is 2.31. The van der Waals surface area contributed by atoms with E-state index in [4.69, 9.17) is 33.1 Å². The highest BCUT2D eigenvalue weighted by molar-refractivity contribution is 6.06. The number of pyridine rings is 1. The molecular weight excluding hydrogens is 887 g/mol. The summed E-state index contributed by atoms with van der Waals surface area (Å²) in [7, 11) is 0. The Morgan fingerprint density at radius 1 is 0.943 bits per heavy atom. The maximum Gasteiger partial charge on any atom is 0.245 e. The highest BCUT2D eigenvalue weighted by Gasteiger charge is 2.39. The number of anilines is 1. The van der Waals surface area contributed by atoms with Crippen molar-refractivity contribution in [1.82, 2.24) is 30.1 Å². The van der Waals surface area contributed by atoms with E-state index in [2.05, 4.69) is 37.1 Å². The van der Waals surface area contributed by atoms with E-state index in [1.54, 1.807) is 0 Å². The van der Waals surface area contributed by atoms with Crippen LogP contribution in [0, 0.1) is 23.2 Å². The van der Waals surface area contributed by atoms with Gasteiger partial charge in [0.15, 0.2) is 11.6 Å². The lowest BCUT2D eigenvalue weighted by molar-refractivity contribution is -0.142. The second-order valence-corrected chi connectivity index (χ2v) is 18.9. The Morgan fingerprint density at radius 3 is 2.37 bits per heavy atom. The van der Waals surface area contributed by atoms with Crippen LogP contribution in [-0.2, 0) is 43.5 Å². The molecule has 2 aromatic heterocycles. The van der Waals surface area contributed by atoms with E-state index in [-0.39, 0.29) is 74.9 Å². The van der Waals surface area contributed by atoms with Crippen LogP contribution in [-0.4, -0.2) is 86.3 Å². The molecule has 0 saturated carbocycles. The number of nitrogen functional groups attached to an aromatic ring is 1. The second kappa shape index (κ2) is 28.3. The summed E-state index contributed by atoms with van der Waals surface area (Å²) >= 11 is 0. The first-order valence-electron chi connectivity index (χ1n) is 24.8. The molecule has 4 unspecified atom stereocenters. The number of Topliss-reactive ketones (excluding diaryl/α,β-unsaturated/α-hetero) is 2. The van der Waals surface area contributed by atoms with Crippen molar-refractivity contribution in [2.45, 2.75) is 156 Å². The number of carbonyl (C=O) groups excluding carboxylic acids is 5. The van der Waals surface area contributed by atoms with Gasteiger partial charge in [-0.15, -0.1) is 0 Å². The van der Waals surface area contributed by atoms with Crippen LogP contribution in [0.25, 0.3) is 32.4 Å². The molecule has 380 valence electrons. The van der Waals surface area contributed by atoms with E-state index < -0.39 is 29.8 Å². The number of hydrogen-bond acceptors (Lipinski definition) is 11. The number of aryl methyl sites for hydroxylation is 1. The zero-order valence-corrected chi connectivity index (χ0v) is 40.8. The molecule has 18 heteroatoms. The number of unbranched alkanes of at least 4 members (excludes halogenated alkanes) is 3. The summed E-state index contributed by atoms with van der Waals surface area (Å²) in [5.74, 6) is -1.25. The Hall–Kier alpha value is -6.39. The molecule has 0 spiro atoms. The van der Waals surface area contributed by atoms with E-state index in [1.165, 1.54) is 4.90 Å². The molecule has 9 N–H and O–H groups in total. The van der Waals surface area contributed by atoms with Crippen LogP contribution < -0.4 is 27.8 Å². The van der Waals surface area contributed by atoms with Crippen molar-refractivity contribution in [2.24, 2.45) is 34.3 Å². The fourth-order valence-corrected chi connectivity index (χ4v) is 9.38. The lowest BCUT2D eigenvalue weighted by Gasteiger charge is -2.30. The first-order chi connectivity index (χ1) is 33.2. The zero-order chi connectivity index (χ0) is 49.9. The quantitative estimate of drug-likeness (QED) is 0.00735. The van der Waals surface area contributed by atoms with Crippen LogP contribution in [0.2, 0.25) is 0 Å². The predicted molar refractivity (Wildman–Crippen MR) is 276 cm³/mol. The second-order valence-electron chi connectivity index (χ2n) is 18.9. The predicted octanol–water partition coefficient (Wildman–Crippen LogP) is 7.81. The van der Waals surface area contributed by atoms with E-state index in [1.807, 2.05) is 62.4 Å². The van der Waals surface area contributed by atoms with Crippen molar-refractivity contribution in [1.29, 1.82) is 5.41 Å². The molecule has 1 fully saturated rings. The molecule has 70 heavy (non-hydrogen) atoms. The summed E-state index contributed by atoms with van der Waals surface area (Å²) in [4.78, 5) is 83.0. The third kappa shape index (κ3) is 16.1. The molecule has 0 radical (unpaired) electrons. The van der Waals surface area contributed by atoms with Gasteiger partial charge in [0.25, 0.3) is 0 Å². The number of amidine groups is 1. The standard InChI is InChI=1S/C51H73N13O5.CH4/c1-4-5-19-45-61-47-48(38-14-7-8-15-39(38)60-49(47)55)64(45)32-35-22-20-34(21-23-35)31-57-50(68)36(13-6-9-18-44(53)54)29-42(65)37(28-33(2)3)30-43(66)41-17-12-27-63(41)51(69)40(16-10-11-25-52)59-46(67)24-26-58-62-56;/h7-8,14-15,20-23,33,36-37,40-41H,4-6,9-13,16-19,24-32,52H2,1-3H3,(H3,53,54)(H2,55,60)(H,57,68)(H,59,67);1H4. The molecule has 18 nitrogen and oxygen atoms in total. The van der Waals surface area contributed by atoms with E-state index in [9.17, 15) is 24.0 Å². The number of azide groups is 1. The number of hydrogen-bond donors (Lipinski definition) is 6. The number of imidazole rings is 1. The van der Waals surface area contributed by atoms with Crippen LogP contribution >= 0.6 is 0 Å². The van der Waals surface area contributed by atoms with Crippen LogP contribution in [0.3, 0.4) is 0 Å². The molecule has 1 aliphatic rings. The average Bonchev–Trinajstić information content (AvgIpc) is 3.97. The van der Waals surface area contributed by atoms with Gasteiger partial charge in [-0.05, 0) is 93.0 Å². The Kier molecular flexibility index (Phi) is 22.7. The van der Waals surface area contributed by atoms with E-state index in [0.717, 1.165) is 52.6 Å². The average molecular weight is 964 g/mol. The fourth-order valence-electron chi connectivity index (χ4n) is 9.38. The number of carbonyl (C=O) groups is 5. The first kappa shape index (κ1) is 56.2. The molecule has 0 aliphatic carbocycles. The summed E-state index contributed by atoms with van der Waals surface area (Å²) in [6, 6.07) is 14.4. The largest absolute Gasteiger partial charge is 0.388 e. The lowest BCUT2D eigenvalue weighted by Crippen LogP contribution is -2.52. The minimum atomic E-state index is -0.872. The first-order valence-corrected chi connectivity index (χ1v) is 24.8. The molecule has 0 bridgehead atoms. The maximum atomic E-state index is 14.3. The number of rotatable bonds is 30. The smallest absolute Gasteiger partial charge is 0.245 e. The van der Waals surface area contributed by atoms with Crippen molar-refractivity contribution in [2.75, 3.05) is 25.4 Å². The number of amides is 3. The monoisotopic (exact) mass is 964 g/mol. The summed E-state index contributed by atoms with van der Waals surface area (Å²) in [5, 5.41) is 17.9. The minimum Gasteiger partial charge on any atom is -0.388 e. The van der Waals surface area contributed by atoms with Crippen molar-refractivity contribution >= 4 is 62.9 Å². The summed E-state index contributed by atoms with van der Waals surface area (Å²) in [6.07, 6.45) is 7.67. The number of nitrogens with one attached hydrogen (secondary N) is 3. The number of para-hydroxylation sites is 1. The van der Waals surface area contributed by atoms with Crippen molar-refractivity contribution in [3.8, 4) is 0 Å². The Morgan fingerprint density at radius 2 is 1.67 bits per heavy atom. The third-order valence-corrected chi connectivity index (χ3v) is 13.0. The Labute approximate surface area is 412 Å². The van der Waals surface area contributed by atoms with Gasteiger partial charge in [-0.3, -0.25) is 29.4 Å². The normalized spacial score (nSPS) is 14.7. The number of nitrogens with two attached hydrogens (primary N) is 3. The van der Waals surface area contributed by atoms with Gasteiger partial charge >= 0.3 is 0 Å². The SMILES string of the molecule is C.CCCCc1nc2c(N)nc3ccccc3c2n1Cc1ccc(CNC(=O)C(CCCCC(=N)N)CC(=O)C(CC(=O)C2CCCN2C(=O)C(CCCCN)NC(=O)CCN=[N+]=[N-])CC(C)C)cc1. The van der Waals surface area contributed by atoms with Gasteiger partial charge in [0.1, 0.15) is 23.2 Å². The molecule has 4 atom stereocenters. The van der Waals surface area contributed by atoms with Crippen molar-refractivity contribution < 1.29 is 24.0 Å². The molecule has 1 aliphatic heterocycles. The van der Waals surface area contributed by atoms with Gasteiger partial charge in [0, 0.05) is 80.4 Å². The maximum absolute atomic E-state index is 14.3. The van der Waals surface area contributed by atoms with Crippen LogP contribution in [0.4, 0.5) is 5.82 Å². The fraction of sp³-hybridized carbons (Fsp3) is 0.577. The van der Waals surface area contributed by atoms with Gasteiger partial charge in [-0.1, -0.05) is 88.6 Å². The van der Waals surface area contributed by atoms with E-state index >= 15 is 0 Å². The van der Waals surface area contributed by atoms with Gasteiger partial charge in [-0.2, -0.15) is 0 Å². The lowest BCUT2D eigenvalue weighted by atomic mass is 9.82. The van der Waals surface area contributed by atoms with Crippen molar-refractivity contribution in [3.05, 3.63) is 75.9 Å². The van der Waals surface area contributed by atoms with Crippen LogP contribution in [0.1, 0.15) is 141 Å². The van der Waals surface area contributed by atoms with E-state index in [0.29, 0.717) is 95.2 Å². The molecule has 3 amide bonds. The summed E-state index contributed by atoms with van der Waals surface area (Å²) in [6.45, 7) is 7.68. The molecule has 3 heterocycles. The topological polar surface area (TPSA) is 294 Å². The van der Waals surface area contributed by atoms with Crippen LogP contribution in [0.5, 0.6) is 0 Å². The number of fused-ring (bicyclic) bond motifs is 3. The number of likely N-dealkylation sites (tertiary alicyclic amines) is 1. The number of ketones is 2. The number of nitrogens with zero attached hydrogens (tertiary/aromatic N) is 7. The van der Waals surface area contributed by atoms with Gasteiger partial charge in [0.05, 0.1) is 22.9 Å².